The van der Waals surface area contributed by atoms with Crippen LogP contribution in [0.4, 0.5) is 11.4 Å². The highest BCUT2D eigenvalue weighted by molar-refractivity contribution is 5.92. The summed E-state index contributed by atoms with van der Waals surface area (Å²) in [5.41, 5.74) is 3.79. The smallest absolute Gasteiger partial charge is 0.272 e. The van der Waals surface area contributed by atoms with Gasteiger partial charge in [0.25, 0.3) is 5.91 Å². The molecule has 0 saturated carbocycles. The van der Waals surface area contributed by atoms with Gasteiger partial charge in [-0.25, -0.2) is 4.98 Å². The van der Waals surface area contributed by atoms with E-state index in [0.717, 1.165) is 37.3 Å². The lowest BCUT2D eigenvalue weighted by Gasteiger charge is -2.26. The van der Waals surface area contributed by atoms with Crippen molar-refractivity contribution in [2.75, 3.05) is 18.4 Å². The van der Waals surface area contributed by atoms with Gasteiger partial charge in [0.2, 0.25) is 0 Å². The zero-order valence-corrected chi connectivity index (χ0v) is 14.5. The number of carbonyl (C=O) groups excluding carboxylic acids is 1. The molecular formula is C20H25N3O. The van der Waals surface area contributed by atoms with Crippen molar-refractivity contribution in [3.63, 3.8) is 0 Å². The molecule has 3 rings (SSSR count). The third kappa shape index (κ3) is 3.75. The molecule has 1 aromatic heterocycles. The molecule has 1 aromatic carbocycles. The van der Waals surface area contributed by atoms with Crippen molar-refractivity contribution in [1.82, 2.24) is 9.88 Å². The number of benzene rings is 1. The van der Waals surface area contributed by atoms with Gasteiger partial charge in [-0.2, -0.15) is 0 Å². The topological polar surface area (TPSA) is 45.2 Å². The van der Waals surface area contributed by atoms with Gasteiger partial charge in [-0.05, 0) is 48.9 Å². The van der Waals surface area contributed by atoms with Crippen molar-refractivity contribution in [3.05, 3.63) is 53.9 Å². The lowest BCUT2D eigenvalue weighted by atomic mass is 10.0. The molecule has 4 nitrogen and oxygen atoms in total. The monoisotopic (exact) mass is 323 g/mol. The van der Waals surface area contributed by atoms with Crippen LogP contribution in [0.5, 0.6) is 0 Å². The van der Waals surface area contributed by atoms with Crippen molar-refractivity contribution < 1.29 is 4.79 Å². The predicted octanol–water partition coefficient (Wildman–Crippen LogP) is 4.57. The van der Waals surface area contributed by atoms with Gasteiger partial charge in [-0.3, -0.25) is 4.79 Å². The Morgan fingerprint density at radius 3 is 2.50 bits per heavy atom. The van der Waals surface area contributed by atoms with Crippen molar-refractivity contribution >= 4 is 17.3 Å². The lowest BCUT2D eigenvalue weighted by Crippen LogP contribution is -2.36. The Labute approximate surface area is 143 Å². The van der Waals surface area contributed by atoms with E-state index in [9.17, 15) is 4.79 Å². The van der Waals surface area contributed by atoms with Gasteiger partial charge >= 0.3 is 0 Å². The van der Waals surface area contributed by atoms with Gasteiger partial charge in [0.05, 0.1) is 11.9 Å². The van der Waals surface area contributed by atoms with Gasteiger partial charge in [0.1, 0.15) is 5.69 Å². The summed E-state index contributed by atoms with van der Waals surface area (Å²) in [6, 6.07) is 12.0. The maximum Gasteiger partial charge on any atom is 0.272 e. The minimum Gasteiger partial charge on any atom is -0.354 e. The van der Waals surface area contributed by atoms with Crippen LogP contribution in [0, 0.1) is 0 Å². The summed E-state index contributed by atoms with van der Waals surface area (Å²) in [4.78, 5) is 18.7. The summed E-state index contributed by atoms with van der Waals surface area (Å²) in [5, 5.41) is 3.41. The van der Waals surface area contributed by atoms with E-state index in [1.165, 1.54) is 12.0 Å². The maximum atomic E-state index is 12.5. The van der Waals surface area contributed by atoms with Crippen LogP contribution < -0.4 is 5.32 Å². The number of likely N-dealkylation sites (tertiary alicyclic amines) is 1. The van der Waals surface area contributed by atoms with Gasteiger partial charge in [0.15, 0.2) is 0 Å². The van der Waals surface area contributed by atoms with Crippen LogP contribution >= 0.6 is 0 Å². The second-order valence-corrected chi connectivity index (χ2v) is 6.65. The molecular weight excluding hydrogens is 298 g/mol. The maximum absolute atomic E-state index is 12.5. The number of piperidine rings is 1. The van der Waals surface area contributed by atoms with E-state index >= 15 is 0 Å². The van der Waals surface area contributed by atoms with Gasteiger partial charge in [0, 0.05) is 18.8 Å². The quantitative estimate of drug-likeness (QED) is 0.896. The number of pyridine rings is 1. The van der Waals surface area contributed by atoms with Crippen LogP contribution in [0.15, 0.2) is 42.6 Å². The number of amides is 1. The van der Waals surface area contributed by atoms with E-state index in [1.54, 1.807) is 6.20 Å². The molecule has 0 spiro atoms. The first-order valence-corrected chi connectivity index (χ1v) is 8.76. The predicted molar refractivity (Wildman–Crippen MR) is 97.8 cm³/mol. The second-order valence-electron chi connectivity index (χ2n) is 6.65. The minimum atomic E-state index is 0.0452. The first-order chi connectivity index (χ1) is 11.6. The molecule has 1 N–H and O–H groups in total. The van der Waals surface area contributed by atoms with Crippen molar-refractivity contribution in [2.24, 2.45) is 0 Å². The SMILES string of the molecule is CC(C)c1ccccc1Nc1ccc(C(=O)N2CCCCC2)nc1. The lowest BCUT2D eigenvalue weighted by molar-refractivity contribution is 0.0718. The van der Waals surface area contributed by atoms with E-state index in [2.05, 4.69) is 42.3 Å². The molecule has 0 atom stereocenters. The van der Waals surface area contributed by atoms with E-state index in [0.29, 0.717) is 11.6 Å². The fourth-order valence-corrected chi connectivity index (χ4v) is 3.12. The normalized spacial score (nSPS) is 14.7. The van der Waals surface area contributed by atoms with Crippen LogP contribution in [0.3, 0.4) is 0 Å². The summed E-state index contributed by atoms with van der Waals surface area (Å²) < 4.78 is 0. The number of aromatic nitrogens is 1. The summed E-state index contributed by atoms with van der Waals surface area (Å²) >= 11 is 0. The average molecular weight is 323 g/mol. The molecule has 1 saturated heterocycles. The Hall–Kier alpha value is -2.36. The third-order valence-corrected chi connectivity index (χ3v) is 4.49. The van der Waals surface area contributed by atoms with Crippen LogP contribution in [-0.2, 0) is 0 Å². The van der Waals surface area contributed by atoms with Crippen molar-refractivity contribution in [1.29, 1.82) is 0 Å². The van der Waals surface area contributed by atoms with E-state index < -0.39 is 0 Å². The van der Waals surface area contributed by atoms with E-state index in [-0.39, 0.29) is 5.91 Å². The fraction of sp³-hybridized carbons (Fsp3) is 0.400. The minimum absolute atomic E-state index is 0.0452. The Kier molecular flexibility index (Phi) is 5.14. The zero-order chi connectivity index (χ0) is 16.9. The molecule has 0 unspecified atom stereocenters. The van der Waals surface area contributed by atoms with Crippen LogP contribution in [0.1, 0.15) is 55.1 Å². The largest absolute Gasteiger partial charge is 0.354 e. The first kappa shape index (κ1) is 16.5. The highest BCUT2D eigenvalue weighted by Gasteiger charge is 2.19. The molecule has 24 heavy (non-hydrogen) atoms. The Morgan fingerprint density at radius 2 is 1.83 bits per heavy atom. The third-order valence-electron chi connectivity index (χ3n) is 4.49. The number of nitrogens with one attached hydrogen (secondary N) is 1. The summed E-state index contributed by atoms with van der Waals surface area (Å²) in [6.45, 7) is 6.06. The van der Waals surface area contributed by atoms with Crippen LogP contribution in [0.25, 0.3) is 0 Å². The van der Waals surface area contributed by atoms with Gasteiger partial charge in [-0.1, -0.05) is 32.0 Å². The Morgan fingerprint density at radius 1 is 1.08 bits per heavy atom. The molecule has 4 heteroatoms. The van der Waals surface area contributed by atoms with Gasteiger partial charge < -0.3 is 10.2 Å². The molecule has 2 heterocycles. The van der Waals surface area contributed by atoms with Crippen LogP contribution in [-0.4, -0.2) is 28.9 Å². The van der Waals surface area contributed by atoms with E-state index in [4.69, 9.17) is 0 Å². The molecule has 1 fully saturated rings. The van der Waals surface area contributed by atoms with Crippen molar-refractivity contribution in [2.45, 2.75) is 39.0 Å². The number of anilines is 2. The van der Waals surface area contributed by atoms with Gasteiger partial charge in [-0.15, -0.1) is 0 Å². The standard InChI is InChI=1S/C20H25N3O/c1-15(2)17-8-4-5-9-18(17)22-16-10-11-19(21-14-16)20(24)23-12-6-3-7-13-23/h4-5,8-11,14-15,22H,3,6-7,12-13H2,1-2H3. The molecule has 1 aliphatic rings. The molecule has 1 aliphatic heterocycles. The summed E-state index contributed by atoms with van der Waals surface area (Å²) in [5.74, 6) is 0.491. The summed E-state index contributed by atoms with van der Waals surface area (Å²) in [6.07, 6.45) is 5.15. The van der Waals surface area contributed by atoms with Crippen LogP contribution in [0.2, 0.25) is 0 Å². The second kappa shape index (κ2) is 7.47. The molecule has 2 aromatic rings. The van der Waals surface area contributed by atoms with Crippen molar-refractivity contribution in [3.8, 4) is 0 Å². The molecule has 1 amide bonds. The molecule has 0 radical (unpaired) electrons. The summed E-state index contributed by atoms with van der Waals surface area (Å²) in [7, 11) is 0. The number of carbonyl (C=O) groups is 1. The molecule has 126 valence electrons. The first-order valence-electron chi connectivity index (χ1n) is 8.76. The number of nitrogens with zero attached hydrogens (tertiary/aromatic N) is 2. The zero-order valence-electron chi connectivity index (χ0n) is 14.5. The Balaban J connectivity index is 1.72. The molecule has 0 aliphatic carbocycles. The Bertz CT molecular complexity index is 688. The average Bonchev–Trinajstić information content (AvgIpc) is 2.63. The number of para-hydroxylation sites is 1. The number of hydrogen-bond acceptors (Lipinski definition) is 3. The number of rotatable bonds is 4. The highest BCUT2D eigenvalue weighted by atomic mass is 16.2. The van der Waals surface area contributed by atoms with E-state index in [1.807, 2.05) is 23.1 Å². The highest BCUT2D eigenvalue weighted by Crippen LogP contribution is 2.26. The fourth-order valence-electron chi connectivity index (χ4n) is 3.12. The molecule has 0 bridgehead atoms. The number of hydrogen-bond donors (Lipinski definition) is 1.